The van der Waals surface area contributed by atoms with Gasteiger partial charge in [-0.15, -0.1) is 0 Å². The second-order valence-electron chi connectivity index (χ2n) is 3.64. The minimum Gasteiger partial charge on any atom is -0.468 e. The molecule has 0 spiro atoms. The number of methoxy groups -OCH3 is 1. The van der Waals surface area contributed by atoms with Gasteiger partial charge in [0.15, 0.2) is 0 Å². The van der Waals surface area contributed by atoms with E-state index in [2.05, 4.69) is 15.2 Å². The van der Waals surface area contributed by atoms with Gasteiger partial charge in [0, 0.05) is 6.54 Å². The molecule has 0 bridgehead atoms. The van der Waals surface area contributed by atoms with E-state index < -0.39 is 17.6 Å². The van der Waals surface area contributed by atoms with Gasteiger partial charge in [0.2, 0.25) is 0 Å². The molecule has 18 heavy (non-hydrogen) atoms. The Morgan fingerprint density at radius 2 is 2.39 bits per heavy atom. The van der Waals surface area contributed by atoms with Crippen LogP contribution in [0.1, 0.15) is 6.92 Å². The number of rotatable bonds is 5. The van der Waals surface area contributed by atoms with Gasteiger partial charge < -0.3 is 15.2 Å². The summed E-state index contributed by atoms with van der Waals surface area (Å²) in [5.41, 5.74) is -0.290. The predicted molar refractivity (Wildman–Crippen MR) is 65.7 cm³/mol. The van der Waals surface area contributed by atoms with Crippen LogP contribution in [0.4, 0.5) is 5.69 Å². The van der Waals surface area contributed by atoms with Crippen LogP contribution in [0.2, 0.25) is 5.02 Å². The molecule has 1 unspecified atom stereocenters. The molecule has 0 aliphatic heterocycles. The van der Waals surface area contributed by atoms with Crippen molar-refractivity contribution in [3.63, 3.8) is 0 Å². The number of hydrogen-bond donors (Lipinski definition) is 2. The molecule has 1 heterocycles. The molecule has 7 nitrogen and oxygen atoms in total. The fraction of sp³-hybridized carbons (Fsp3) is 0.500. The van der Waals surface area contributed by atoms with E-state index in [-0.39, 0.29) is 18.1 Å². The first-order valence-electron chi connectivity index (χ1n) is 5.20. The Balaban J connectivity index is 2.91. The number of hydrogen-bond acceptors (Lipinski definition) is 6. The van der Waals surface area contributed by atoms with Crippen molar-refractivity contribution in [3.05, 3.63) is 21.6 Å². The number of nitrogens with one attached hydrogen (secondary N) is 1. The van der Waals surface area contributed by atoms with E-state index in [1.807, 2.05) is 0 Å². The van der Waals surface area contributed by atoms with Gasteiger partial charge in [-0.3, -0.25) is 9.59 Å². The van der Waals surface area contributed by atoms with E-state index in [1.165, 1.54) is 13.3 Å². The first-order valence-corrected chi connectivity index (χ1v) is 5.58. The lowest BCUT2D eigenvalue weighted by Gasteiger charge is -2.10. The molecule has 2 N–H and O–H groups in total. The van der Waals surface area contributed by atoms with Crippen molar-refractivity contribution in [2.24, 2.45) is 0 Å². The molecule has 0 radical (unpaired) electrons. The molecule has 0 fully saturated rings. The van der Waals surface area contributed by atoms with Gasteiger partial charge in [-0.1, -0.05) is 11.6 Å². The molecule has 0 saturated carbocycles. The van der Waals surface area contributed by atoms with Crippen LogP contribution >= 0.6 is 11.6 Å². The second-order valence-corrected chi connectivity index (χ2v) is 4.02. The normalized spacial score (nSPS) is 12.0. The number of aliphatic hydroxyl groups excluding tert-OH is 1. The van der Waals surface area contributed by atoms with Crippen molar-refractivity contribution in [1.29, 1.82) is 0 Å². The molecule has 1 atom stereocenters. The summed E-state index contributed by atoms with van der Waals surface area (Å²) in [4.78, 5) is 22.8. The van der Waals surface area contributed by atoms with E-state index in [0.29, 0.717) is 5.69 Å². The minimum atomic E-state index is -0.599. The Hall–Kier alpha value is -1.60. The Morgan fingerprint density at radius 1 is 1.72 bits per heavy atom. The summed E-state index contributed by atoms with van der Waals surface area (Å²) in [6, 6.07) is 0. The number of ether oxygens (including phenoxy) is 1. The zero-order chi connectivity index (χ0) is 13.7. The molecule has 0 amide bonds. The zero-order valence-electron chi connectivity index (χ0n) is 10.0. The van der Waals surface area contributed by atoms with E-state index in [4.69, 9.17) is 16.7 Å². The van der Waals surface area contributed by atoms with E-state index in [9.17, 15) is 9.59 Å². The lowest BCUT2D eigenvalue weighted by Crippen LogP contribution is -2.28. The average Bonchev–Trinajstić information content (AvgIpc) is 2.33. The maximum Gasteiger partial charge on any atom is 0.327 e. The van der Waals surface area contributed by atoms with Crippen LogP contribution < -0.4 is 10.9 Å². The first kappa shape index (κ1) is 14.5. The Kier molecular flexibility index (Phi) is 5.11. The highest BCUT2D eigenvalue weighted by molar-refractivity contribution is 6.32. The van der Waals surface area contributed by atoms with Crippen LogP contribution in [0, 0.1) is 0 Å². The van der Waals surface area contributed by atoms with E-state index in [1.54, 1.807) is 6.92 Å². The third-order valence-corrected chi connectivity index (χ3v) is 2.44. The monoisotopic (exact) mass is 275 g/mol. The Bertz CT molecular complexity index is 487. The molecule has 1 rings (SSSR count). The maximum atomic E-state index is 11.7. The van der Waals surface area contributed by atoms with Crippen LogP contribution in [0.15, 0.2) is 11.0 Å². The summed E-state index contributed by atoms with van der Waals surface area (Å²) < 4.78 is 5.33. The highest BCUT2D eigenvalue weighted by atomic mass is 35.5. The summed E-state index contributed by atoms with van der Waals surface area (Å²) in [5, 5.41) is 15.6. The smallest absolute Gasteiger partial charge is 0.327 e. The van der Waals surface area contributed by atoms with Crippen molar-refractivity contribution < 1.29 is 14.6 Å². The quantitative estimate of drug-likeness (QED) is 0.727. The highest BCUT2D eigenvalue weighted by Gasteiger charge is 2.12. The third kappa shape index (κ3) is 3.71. The molecule has 0 saturated heterocycles. The summed E-state index contributed by atoms with van der Waals surface area (Å²) in [6.45, 7) is 1.53. The molecular weight excluding hydrogens is 262 g/mol. The van der Waals surface area contributed by atoms with Crippen molar-refractivity contribution in [3.8, 4) is 0 Å². The largest absolute Gasteiger partial charge is 0.468 e. The topological polar surface area (TPSA) is 93.5 Å². The van der Waals surface area contributed by atoms with Crippen molar-refractivity contribution >= 4 is 23.3 Å². The van der Waals surface area contributed by atoms with Crippen LogP contribution in [0.25, 0.3) is 0 Å². The van der Waals surface area contributed by atoms with Gasteiger partial charge in [0.1, 0.15) is 11.6 Å². The van der Waals surface area contributed by atoms with Crippen LogP contribution in [-0.4, -0.2) is 40.6 Å². The third-order valence-electron chi connectivity index (χ3n) is 2.08. The summed E-state index contributed by atoms with van der Waals surface area (Å²) in [7, 11) is 1.22. The number of carbonyl (C=O) groups is 1. The lowest BCUT2D eigenvalue weighted by molar-refractivity contribution is -0.141. The first-order chi connectivity index (χ1) is 8.45. The molecule has 0 aliphatic carbocycles. The number of halogens is 1. The fourth-order valence-corrected chi connectivity index (χ4v) is 1.36. The van der Waals surface area contributed by atoms with Gasteiger partial charge in [0.05, 0.1) is 25.1 Å². The number of aliphatic hydroxyl groups is 1. The Labute approximate surface area is 108 Å². The van der Waals surface area contributed by atoms with Crippen molar-refractivity contribution in [2.75, 3.05) is 19.0 Å². The van der Waals surface area contributed by atoms with Gasteiger partial charge in [-0.05, 0) is 6.92 Å². The highest BCUT2D eigenvalue weighted by Crippen LogP contribution is 2.14. The van der Waals surface area contributed by atoms with E-state index >= 15 is 0 Å². The predicted octanol–water partition coefficient (Wildman–Crippen LogP) is -0.138. The Morgan fingerprint density at radius 3 is 2.94 bits per heavy atom. The fourth-order valence-electron chi connectivity index (χ4n) is 1.15. The second kappa shape index (κ2) is 6.36. The number of aromatic nitrogens is 2. The standard InChI is InChI=1S/C10H14ClN3O4/c1-6(15)3-12-7-4-13-14(5-8(16)18-2)10(17)9(7)11/h4,6,12,15H,3,5H2,1-2H3. The average molecular weight is 276 g/mol. The minimum absolute atomic E-state index is 0.0884. The molecule has 1 aromatic rings. The van der Waals surface area contributed by atoms with Crippen molar-refractivity contribution in [1.82, 2.24) is 9.78 Å². The van der Waals surface area contributed by atoms with Gasteiger partial charge in [0.25, 0.3) is 5.56 Å². The molecule has 8 heteroatoms. The summed E-state index contributed by atoms with van der Waals surface area (Å²) in [6.07, 6.45) is 0.730. The SMILES string of the molecule is COC(=O)Cn1ncc(NCC(C)O)c(Cl)c1=O. The number of anilines is 1. The van der Waals surface area contributed by atoms with Gasteiger partial charge in [-0.25, -0.2) is 4.68 Å². The number of esters is 1. The molecule has 1 aromatic heterocycles. The van der Waals surface area contributed by atoms with Crippen LogP contribution in [-0.2, 0) is 16.1 Å². The van der Waals surface area contributed by atoms with Crippen LogP contribution in [0.3, 0.4) is 0 Å². The lowest BCUT2D eigenvalue weighted by atomic mass is 10.4. The molecule has 0 aromatic carbocycles. The molecule has 0 aliphatic rings. The summed E-state index contributed by atoms with van der Waals surface area (Å²) in [5.74, 6) is -0.592. The van der Waals surface area contributed by atoms with Crippen molar-refractivity contribution in [2.45, 2.75) is 19.6 Å². The molecular formula is C10H14ClN3O4. The van der Waals surface area contributed by atoms with E-state index in [0.717, 1.165) is 4.68 Å². The molecule has 100 valence electrons. The zero-order valence-corrected chi connectivity index (χ0v) is 10.8. The number of nitrogens with zero attached hydrogens (tertiary/aromatic N) is 2. The maximum absolute atomic E-state index is 11.7. The van der Waals surface area contributed by atoms with Crippen LogP contribution in [0.5, 0.6) is 0 Å². The van der Waals surface area contributed by atoms with Gasteiger partial charge in [-0.2, -0.15) is 5.10 Å². The number of carbonyl (C=O) groups excluding carboxylic acids is 1. The summed E-state index contributed by atoms with van der Waals surface area (Å²) >= 11 is 5.84. The van der Waals surface area contributed by atoms with Gasteiger partial charge >= 0.3 is 5.97 Å².